The van der Waals surface area contributed by atoms with Crippen molar-refractivity contribution in [2.45, 2.75) is 6.92 Å². The van der Waals surface area contributed by atoms with Crippen molar-refractivity contribution >= 4 is 22.4 Å². The highest BCUT2D eigenvalue weighted by Gasteiger charge is 2.13. The van der Waals surface area contributed by atoms with Crippen molar-refractivity contribution in [3.63, 3.8) is 0 Å². The molecule has 0 radical (unpaired) electrons. The Morgan fingerprint density at radius 2 is 1.52 bits per heavy atom. The quantitative estimate of drug-likeness (QED) is 0.410. The molecule has 4 heteroatoms. The van der Waals surface area contributed by atoms with Crippen LogP contribution in [-0.2, 0) is 0 Å². The van der Waals surface area contributed by atoms with Gasteiger partial charge in [0.25, 0.3) is 0 Å². The fourth-order valence-corrected chi connectivity index (χ4v) is 3.35. The first-order valence-corrected chi connectivity index (χ1v) is 9.62. The number of aromatic nitrogens is 3. The molecule has 0 aliphatic carbocycles. The minimum Gasteiger partial charge on any atom is -0.340 e. The van der Waals surface area contributed by atoms with E-state index < -0.39 is 0 Å². The van der Waals surface area contributed by atoms with Crippen molar-refractivity contribution in [2.75, 3.05) is 5.32 Å². The fraction of sp³-hybridized carbons (Fsp3) is 0.0400. The highest BCUT2D eigenvalue weighted by Crippen LogP contribution is 2.27. The first-order chi connectivity index (χ1) is 14.3. The van der Waals surface area contributed by atoms with Gasteiger partial charge in [-0.25, -0.2) is 4.98 Å². The Bertz CT molecular complexity index is 1270. The van der Waals surface area contributed by atoms with Crippen LogP contribution >= 0.6 is 0 Å². The van der Waals surface area contributed by atoms with Crippen LogP contribution in [-0.4, -0.2) is 14.8 Å². The van der Waals surface area contributed by atoms with Gasteiger partial charge in [-0.05, 0) is 37.3 Å². The number of rotatable bonds is 4. The lowest BCUT2D eigenvalue weighted by Gasteiger charge is -2.09. The van der Waals surface area contributed by atoms with Gasteiger partial charge in [-0.1, -0.05) is 66.2 Å². The van der Waals surface area contributed by atoms with Gasteiger partial charge in [0, 0.05) is 22.7 Å². The van der Waals surface area contributed by atoms with Crippen molar-refractivity contribution < 1.29 is 0 Å². The number of anilines is 2. The average Bonchev–Trinajstić information content (AvgIpc) is 3.18. The van der Waals surface area contributed by atoms with Crippen molar-refractivity contribution in [1.29, 1.82) is 0 Å². The molecule has 0 unspecified atom stereocenters. The minimum atomic E-state index is 0.778. The monoisotopic (exact) mass is 376 g/mol. The molecule has 0 saturated heterocycles. The van der Waals surface area contributed by atoms with Crippen LogP contribution in [0.15, 0.2) is 97.1 Å². The van der Waals surface area contributed by atoms with Crippen molar-refractivity contribution in [2.24, 2.45) is 0 Å². The summed E-state index contributed by atoms with van der Waals surface area (Å²) in [7, 11) is 0. The third-order valence-corrected chi connectivity index (χ3v) is 4.90. The third-order valence-electron chi connectivity index (χ3n) is 4.90. The van der Waals surface area contributed by atoms with Gasteiger partial charge in [0.05, 0.1) is 11.2 Å². The first kappa shape index (κ1) is 17.2. The van der Waals surface area contributed by atoms with E-state index in [2.05, 4.69) is 54.7 Å². The van der Waals surface area contributed by atoms with Gasteiger partial charge in [0.2, 0.25) is 0 Å². The largest absolute Gasteiger partial charge is 0.340 e. The van der Waals surface area contributed by atoms with E-state index in [1.54, 1.807) is 0 Å². The molecule has 5 aromatic rings. The maximum atomic E-state index is 4.88. The lowest BCUT2D eigenvalue weighted by Crippen LogP contribution is -2.04. The van der Waals surface area contributed by atoms with Crippen molar-refractivity contribution in [3.8, 4) is 17.1 Å². The number of aryl methyl sites for hydroxylation is 1. The second-order valence-corrected chi connectivity index (χ2v) is 7.05. The Balaban J connectivity index is 1.63. The predicted molar refractivity (Wildman–Crippen MR) is 119 cm³/mol. The van der Waals surface area contributed by atoms with E-state index >= 15 is 0 Å². The number of nitrogens with one attached hydrogen (secondary N) is 1. The highest BCUT2D eigenvalue weighted by atomic mass is 15.4. The van der Waals surface area contributed by atoms with Gasteiger partial charge in [0.15, 0.2) is 5.82 Å². The lowest BCUT2D eigenvalue weighted by atomic mass is 10.1. The van der Waals surface area contributed by atoms with E-state index in [1.807, 2.05) is 59.3 Å². The second-order valence-electron chi connectivity index (χ2n) is 7.05. The van der Waals surface area contributed by atoms with Gasteiger partial charge < -0.3 is 5.32 Å². The second kappa shape index (κ2) is 7.24. The van der Waals surface area contributed by atoms with Crippen LogP contribution in [0, 0.1) is 6.92 Å². The number of hydrogen-bond acceptors (Lipinski definition) is 3. The molecule has 0 aliphatic heterocycles. The molecule has 2 heterocycles. The molecule has 0 saturated carbocycles. The summed E-state index contributed by atoms with van der Waals surface area (Å²) in [5, 5.41) is 9.47. The SMILES string of the molecule is Cc1ccc(-c2cc(Nc3ccccc3)n(-c3ccc4ccccc4n3)n2)cc1. The molecule has 4 nitrogen and oxygen atoms in total. The van der Waals surface area contributed by atoms with E-state index in [-0.39, 0.29) is 0 Å². The number of hydrogen-bond donors (Lipinski definition) is 1. The van der Waals surface area contributed by atoms with Crippen LogP contribution < -0.4 is 5.32 Å². The number of para-hydroxylation sites is 2. The molecule has 29 heavy (non-hydrogen) atoms. The summed E-state index contributed by atoms with van der Waals surface area (Å²) >= 11 is 0. The van der Waals surface area contributed by atoms with Gasteiger partial charge in [-0.15, -0.1) is 0 Å². The number of nitrogens with zero attached hydrogens (tertiary/aromatic N) is 3. The zero-order valence-corrected chi connectivity index (χ0v) is 16.1. The third kappa shape index (κ3) is 3.48. The van der Waals surface area contributed by atoms with E-state index in [0.29, 0.717) is 0 Å². The lowest BCUT2D eigenvalue weighted by molar-refractivity contribution is 0.864. The Hall–Kier alpha value is -3.92. The highest BCUT2D eigenvalue weighted by molar-refractivity contribution is 5.79. The molecule has 5 rings (SSSR count). The van der Waals surface area contributed by atoms with E-state index in [1.165, 1.54) is 5.56 Å². The molecule has 0 amide bonds. The molecule has 0 spiro atoms. The Labute approximate surface area is 169 Å². The Morgan fingerprint density at radius 3 is 2.34 bits per heavy atom. The molecule has 1 N–H and O–H groups in total. The maximum absolute atomic E-state index is 4.88. The Morgan fingerprint density at radius 1 is 0.759 bits per heavy atom. The van der Waals surface area contributed by atoms with Gasteiger partial charge in [0.1, 0.15) is 5.82 Å². The molecule has 0 bridgehead atoms. The molecule has 0 fully saturated rings. The normalized spacial score (nSPS) is 10.9. The topological polar surface area (TPSA) is 42.7 Å². The summed E-state index contributed by atoms with van der Waals surface area (Å²) < 4.78 is 1.87. The standard InChI is InChI=1S/C25H20N4/c1-18-11-13-20(14-12-18)23-17-25(26-21-8-3-2-4-9-21)29(28-23)24-16-15-19-7-5-6-10-22(19)27-24/h2-17,26H,1H3. The summed E-state index contributed by atoms with van der Waals surface area (Å²) in [5.41, 5.74) is 5.16. The number of pyridine rings is 1. The average molecular weight is 376 g/mol. The number of fused-ring (bicyclic) bond motifs is 1. The first-order valence-electron chi connectivity index (χ1n) is 9.62. The zero-order valence-electron chi connectivity index (χ0n) is 16.1. The number of benzene rings is 3. The van der Waals surface area contributed by atoms with Crippen LogP contribution in [0.4, 0.5) is 11.5 Å². The van der Waals surface area contributed by atoms with E-state index in [4.69, 9.17) is 10.1 Å². The summed E-state index contributed by atoms with van der Waals surface area (Å²) in [6, 6.07) is 32.8. The van der Waals surface area contributed by atoms with Crippen LogP contribution in [0.5, 0.6) is 0 Å². The molecular formula is C25H20N4. The van der Waals surface area contributed by atoms with E-state index in [0.717, 1.165) is 39.5 Å². The summed E-state index contributed by atoms with van der Waals surface area (Å²) in [6.45, 7) is 2.09. The molecule has 0 aliphatic rings. The molecular weight excluding hydrogens is 356 g/mol. The summed E-state index contributed by atoms with van der Waals surface area (Å²) in [4.78, 5) is 4.83. The van der Waals surface area contributed by atoms with Gasteiger partial charge in [-0.2, -0.15) is 9.78 Å². The van der Waals surface area contributed by atoms with Gasteiger partial charge >= 0.3 is 0 Å². The molecule has 140 valence electrons. The van der Waals surface area contributed by atoms with Crippen LogP contribution in [0.3, 0.4) is 0 Å². The Kier molecular flexibility index (Phi) is 4.30. The molecule has 2 aromatic heterocycles. The molecule has 3 aromatic carbocycles. The van der Waals surface area contributed by atoms with Crippen LogP contribution in [0.1, 0.15) is 5.56 Å². The van der Waals surface area contributed by atoms with Gasteiger partial charge in [-0.3, -0.25) is 0 Å². The van der Waals surface area contributed by atoms with Crippen molar-refractivity contribution in [3.05, 3.63) is 103 Å². The predicted octanol–water partition coefficient (Wildman–Crippen LogP) is 6.14. The summed E-state index contributed by atoms with van der Waals surface area (Å²) in [5.74, 6) is 1.65. The van der Waals surface area contributed by atoms with Crippen molar-refractivity contribution in [1.82, 2.24) is 14.8 Å². The summed E-state index contributed by atoms with van der Waals surface area (Å²) in [6.07, 6.45) is 0. The van der Waals surface area contributed by atoms with E-state index in [9.17, 15) is 0 Å². The smallest absolute Gasteiger partial charge is 0.156 e. The fourth-order valence-electron chi connectivity index (χ4n) is 3.35. The minimum absolute atomic E-state index is 0.778. The molecule has 0 atom stereocenters. The van der Waals surface area contributed by atoms with Crippen LogP contribution in [0.25, 0.3) is 28.0 Å². The maximum Gasteiger partial charge on any atom is 0.156 e. The zero-order chi connectivity index (χ0) is 19.6. The van der Waals surface area contributed by atoms with Crippen LogP contribution in [0.2, 0.25) is 0 Å².